The Hall–Kier alpha value is -3.56. The third-order valence-electron chi connectivity index (χ3n) is 5.35. The average molecular weight is 453 g/mol. The largest absolute Gasteiger partial charge is 0.252 e. The molecule has 0 aliphatic rings. The summed E-state index contributed by atoms with van der Waals surface area (Å²) in [6.07, 6.45) is 2.90. The molecule has 0 aliphatic heterocycles. The molecule has 10 heteroatoms. The van der Waals surface area contributed by atoms with Crippen LogP contribution in [0.15, 0.2) is 42.6 Å². The smallest absolute Gasteiger partial charge is 0.198 e. The highest BCUT2D eigenvalue weighted by atomic mass is 19.1. The van der Waals surface area contributed by atoms with Crippen molar-refractivity contribution in [3.8, 4) is 22.6 Å². The predicted molar refractivity (Wildman–Crippen MR) is 120 cm³/mol. The minimum Gasteiger partial charge on any atom is -0.252 e. The maximum atomic E-state index is 13.9. The number of halogens is 2. The molecule has 1 atom stereocenters. The normalized spacial score (nSPS) is 12.2. The Balaban J connectivity index is 1.54. The monoisotopic (exact) mass is 452 g/mol. The fourth-order valence-electron chi connectivity index (χ4n) is 3.62. The van der Waals surface area contributed by atoms with Crippen molar-refractivity contribution in [1.82, 2.24) is 40.4 Å². The number of aromatic amines is 1. The van der Waals surface area contributed by atoms with Crippen LogP contribution in [-0.4, -0.2) is 53.2 Å². The van der Waals surface area contributed by atoms with E-state index in [1.54, 1.807) is 6.20 Å². The number of H-pyrrole nitrogens is 1. The molecular formula is C23H26F2N8. The summed E-state index contributed by atoms with van der Waals surface area (Å²) in [6.45, 7) is 2.15. The van der Waals surface area contributed by atoms with E-state index in [2.05, 4.69) is 42.6 Å². The van der Waals surface area contributed by atoms with Crippen LogP contribution < -0.4 is 0 Å². The summed E-state index contributed by atoms with van der Waals surface area (Å²) in [4.78, 5) is 8.98. The highest BCUT2D eigenvalue weighted by Crippen LogP contribution is 2.28. The number of hydrogen-bond acceptors (Lipinski definition) is 6. The van der Waals surface area contributed by atoms with Crippen molar-refractivity contribution < 1.29 is 8.78 Å². The van der Waals surface area contributed by atoms with Crippen molar-refractivity contribution in [3.05, 3.63) is 59.8 Å². The van der Waals surface area contributed by atoms with Gasteiger partial charge in [-0.1, -0.05) is 43.7 Å². The lowest BCUT2D eigenvalue weighted by atomic mass is 10.0. The summed E-state index contributed by atoms with van der Waals surface area (Å²) in [6, 6.07) is 11.9. The first-order valence-electron chi connectivity index (χ1n) is 11.1. The molecule has 3 aromatic heterocycles. The Morgan fingerprint density at radius 2 is 2.00 bits per heavy atom. The molecule has 3 heterocycles. The maximum absolute atomic E-state index is 13.9. The molecule has 1 N–H and O–H groups in total. The second kappa shape index (κ2) is 10.8. The molecule has 4 aromatic rings. The molecule has 0 radical (unpaired) electrons. The molecule has 0 saturated heterocycles. The standard InChI is InChI=1S/C23H26F2N8/c1-2-3-13-33-21(27-20(30-33)15-18(25)10-11-24)14-16-6-8-17(9-7-16)19-5-4-12-26-22(19)23-28-31-32-29-23/h4-9,12,18H,2-3,10-11,13-15H2,1H3,(H,28,29,31,32). The van der Waals surface area contributed by atoms with Gasteiger partial charge in [-0.25, -0.2) is 19.2 Å². The number of nitrogens with one attached hydrogen (secondary N) is 1. The molecule has 0 bridgehead atoms. The molecule has 1 aromatic carbocycles. The molecule has 0 saturated carbocycles. The number of nitrogens with zero attached hydrogens (tertiary/aromatic N) is 7. The summed E-state index contributed by atoms with van der Waals surface area (Å²) in [5.41, 5.74) is 3.63. The first kappa shape index (κ1) is 22.6. The Morgan fingerprint density at radius 1 is 1.15 bits per heavy atom. The van der Waals surface area contributed by atoms with Gasteiger partial charge in [-0.3, -0.25) is 9.37 Å². The number of aromatic nitrogens is 8. The van der Waals surface area contributed by atoms with Gasteiger partial charge in [-0.2, -0.15) is 5.10 Å². The van der Waals surface area contributed by atoms with Crippen molar-refractivity contribution in [2.75, 3.05) is 6.67 Å². The van der Waals surface area contributed by atoms with E-state index >= 15 is 0 Å². The van der Waals surface area contributed by atoms with E-state index in [9.17, 15) is 8.78 Å². The molecule has 0 amide bonds. The van der Waals surface area contributed by atoms with Crippen LogP contribution in [0.4, 0.5) is 8.78 Å². The number of tetrazole rings is 1. The number of unbranched alkanes of at least 4 members (excludes halogenated alkanes) is 1. The first-order valence-corrected chi connectivity index (χ1v) is 11.1. The van der Waals surface area contributed by atoms with Crippen LogP contribution in [0.2, 0.25) is 0 Å². The van der Waals surface area contributed by atoms with E-state index < -0.39 is 12.8 Å². The SMILES string of the molecule is CCCCn1nc(CC(F)CCF)nc1Cc1ccc(-c2cccnc2-c2nnn[nH]2)cc1. The van der Waals surface area contributed by atoms with E-state index in [1.165, 1.54) is 0 Å². The molecular weight excluding hydrogens is 426 g/mol. The van der Waals surface area contributed by atoms with E-state index in [1.807, 2.05) is 41.1 Å². The Bertz CT molecular complexity index is 1140. The lowest BCUT2D eigenvalue weighted by molar-refractivity contribution is 0.278. The molecule has 4 rings (SSSR count). The van der Waals surface area contributed by atoms with Crippen molar-refractivity contribution in [3.63, 3.8) is 0 Å². The minimum absolute atomic E-state index is 0.0370. The van der Waals surface area contributed by atoms with Gasteiger partial charge in [0, 0.05) is 37.6 Å². The van der Waals surface area contributed by atoms with Crippen molar-refractivity contribution in [2.45, 2.75) is 51.7 Å². The van der Waals surface area contributed by atoms with E-state index in [4.69, 9.17) is 0 Å². The highest BCUT2D eigenvalue weighted by Gasteiger charge is 2.16. The zero-order valence-electron chi connectivity index (χ0n) is 18.5. The van der Waals surface area contributed by atoms with Gasteiger partial charge in [0.05, 0.1) is 6.67 Å². The summed E-state index contributed by atoms with van der Waals surface area (Å²) in [5, 5.41) is 18.5. The summed E-state index contributed by atoms with van der Waals surface area (Å²) >= 11 is 0. The average Bonchev–Trinajstić information content (AvgIpc) is 3.49. The molecule has 0 spiro atoms. The molecule has 1 unspecified atom stereocenters. The van der Waals surface area contributed by atoms with Crippen LogP contribution in [0, 0.1) is 0 Å². The molecule has 0 fully saturated rings. The van der Waals surface area contributed by atoms with Gasteiger partial charge in [0.2, 0.25) is 0 Å². The van der Waals surface area contributed by atoms with Gasteiger partial charge >= 0.3 is 0 Å². The van der Waals surface area contributed by atoms with Gasteiger partial charge in [0.1, 0.15) is 17.7 Å². The third kappa shape index (κ3) is 5.63. The van der Waals surface area contributed by atoms with Crippen molar-refractivity contribution in [1.29, 1.82) is 0 Å². The molecule has 8 nitrogen and oxygen atoms in total. The van der Waals surface area contributed by atoms with Gasteiger partial charge in [0.25, 0.3) is 0 Å². The topological polar surface area (TPSA) is 98.1 Å². The fraction of sp³-hybridized carbons (Fsp3) is 0.391. The van der Waals surface area contributed by atoms with Crippen molar-refractivity contribution in [2.24, 2.45) is 0 Å². The predicted octanol–water partition coefficient (Wildman–Crippen LogP) is 4.15. The number of alkyl halides is 2. The third-order valence-corrected chi connectivity index (χ3v) is 5.35. The molecule has 172 valence electrons. The highest BCUT2D eigenvalue weighted by molar-refractivity contribution is 5.77. The number of aryl methyl sites for hydroxylation is 1. The summed E-state index contributed by atoms with van der Waals surface area (Å²) < 4.78 is 28.2. The van der Waals surface area contributed by atoms with Gasteiger partial charge in [-0.05, 0) is 34.0 Å². The number of pyridine rings is 1. The van der Waals surface area contributed by atoms with Crippen molar-refractivity contribution >= 4 is 0 Å². The van der Waals surface area contributed by atoms with Crippen LogP contribution in [0.3, 0.4) is 0 Å². The zero-order chi connectivity index (χ0) is 23.0. The van der Waals surface area contributed by atoms with Gasteiger partial charge in [-0.15, -0.1) is 5.10 Å². The second-order valence-corrected chi connectivity index (χ2v) is 7.82. The lowest BCUT2D eigenvalue weighted by Gasteiger charge is -2.08. The lowest BCUT2D eigenvalue weighted by Crippen LogP contribution is -2.08. The number of benzene rings is 1. The van der Waals surface area contributed by atoms with Crippen LogP contribution >= 0.6 is 0 Å². The maximum Gasteiger partial charge on any atom is 0.198 e. The Labute approximate surface area is 190 Å². The van der Waals surface area contributed by atoms with Crippen LogP contribution in [0.25, 0.3) is 22.6 Å². The zero-order valence-corrected chi connectivity index (χ0v) is 18.5. The van der Waals surface area contributed by atoms with Crippen LogP contribution in [0.1, 0.15) is 43.4 Å². The molecule has 0 aliphatic carbocycles. The fourth-order valence-corrected chi connectivity index (χ4v) is 3.62. The van der Waals surface area contributed by atoms with E-state index in [0.29, 0.717) is 23.8 Å². The first-order chi connectivity index (χ1) is 16.2. The van der Waals surface area contributed by atoms with Crippen LogP contribution in [0.5, 0.6) is 0 Å². The van der Waals surface area contributed by atoms with Gasteiger partial charge in [0.15, 0.2) is 11.6 Å². The van der Waals surface area contributed by atoms with Crippen LogP contribution in [-0.2, 0) is 19.4 Å². The number of hydrogen-bond donors (Lipinski definition) is 1. The Morgan fingerprint density at radius 3 is 2.73 bits per heavy atom. The van der Waals surface area contributed by atoms with Gasteiger partial charge < -0.3 is 0 Å². The second-order valence-electron chi connectivity index (χ2n) is 7.82. The minimum atomic E-state index is -1.27. The summed E-state index contributed by atoms with van der Waals surface area (Å²) in [7, 11) is 0. The molecule has 33 heavy (non-hydrogen) atoms. The summed E-state index contributed by atoms with van der Waals surface area (Å²) in [5.74, 6) is 1.72. The van der Waals surface area contributed by atoms with E-state index in [-0.39, 0.29) is 12.8 Å². The van der Waals surface area contributed by atoms with E-state index in [0.717, 1.165) is 41.9 Å². The Kier molecular flexibility index (Phi) is 7.43. The number of rotatable bonds is 11. The quantitative estimate of drug-likeness (QED) is 0.367.